The quantitative estimate of drug-likeness (QED) is 0.906. The predicted octanol–water partition coefficient (Wildman–Crippen LogP) is 3.38. The van der Waals surface area contributed by atoms with Crippen LogP contribution in [0.1, 0.15) is 26.3 Å². The highest BCUT2D eigenvalue weighted by Gasteiger charge is 2.21. The molecule has 2 heterocycles. The van der Waals surface area contributed by atoms with Crippen LogP contribution in [0.15, 0.2) is 36.5 Å². The van der Waals surface area contributed by atoms with E-state index in [4.69, 9.17) is 0 Å². The Labute approximate surface area is 119 Å². The molecule has 104 valence electrons. The van der Waals surface area contributed by atoms with Crippen molar-refractivity contribution in [3.63, 3.8) is 0 Å². The van der Waals surface area contributed by atoms with Crippen LogP contribution in [0, 0.1) is 0 Å². The van der Waals surface area contributed by atoms with Crippen LogP contribution >= 0.6 is 0 Å². The molecule has 0 aliphatic carbocycles. The summed E-state index contributed by atoms with van der Waals surface area (Å²) in [5.41, 5.74) is 2.60. The summed E-state index contributed by atoms with van der Waals surface area (Å²) < 4.78 is 0. The summed E-state index contributed by atoms with van der Waals surface area (Å²) in [5.74, 6) is 1.64. The molecule has 1 aromatic carbocycles. The zero-order valence-electron chi connectivity index (χ0n) is 12.2. The number of benzene rings is 1. The zero-order valence-corrected chi connectivity index (χ0v) is 12.2. The van der Waals surface area contributed by atoms with Gasteiger partial charge < -0.3 is 10.2 Å². The normalized spacial score (nSPS) is 14.2. The van der Waals surface area contributed by atoms with Crippen LogP contribution in [0.3, 0.4) is 0 Å². The van der Waals surface area contributed by atoms with Gasteiger partial charge in [-0.05, 0) is 44.9 Å². The molecule has 2 aromatic rings. The Morgan fingerprint density at radius 3 is 2.75 bits per heavy atom. The van der Waals surface area contributed by atoms with Crippen LogP contribution < -0.4 is 10.2 Å². The molecule has 0 atom stereocenters. The first-order chi connectivity index (χ1) is 9.53. The average molecular weight is 268 g/mol. The fourth-order valence-corrected chi connectivity index (χ4v) is 2.47. The number of fused-ring (bicyclic) bond motifs is 1. The second-order valence-corrected chi connectivity index (χ2v) is 6.14. The van der Waals surface area contributed by atoms with Crippen molar-refractivity contribution in [3.05, 3.63) is 42.1 Å². The molecule has 20 heavy (non-hydrogen) atoms. The summed E-state index contributed by atoms with van der Waals surface area (Å²) in [6.07, 6.45) is 2.89. The molecular weight excluding hydrogens is 248 g/mol. The first kappa shape index (κ1) is 12.9. The van der Waals surface area contributed by atoms with Crippen LogP contribution in [0.2, 0.25) is 0 Å². The topological polar surface area (TPSA) is 41.1 Å². The van der Waals surface area contributed by atoms with E-state index in [0.717, 1.165) is 18.8 Å². The summed E-state index contributed by atoms with van der Waals surface area (Å²) in [6.45, 7) is 7.29. The third-order valence-electron chi connectivity index (χ3n) is 3.29. The molecule has 0 saturated carbocycles. The smallest absolute Gasteiger partial charge is 0.225 e. The van der Waals surface area contributed by atoms with Crippen molar-refractivity contribution in [2.24, 2.45) is 0 Å². The highest BCUT2D eigenvalue weighted by atomic mass is 15.2. The largest absolute Gasteiger partial charge is 0.350 e. The number of hydrogen-bond donors (Lipinski definition) is 1. The lowest BCUT2D eigenvalue weighted by Crippen LogP contribution is -2.27. The molecule has 4 heteroatoms. The Balaban J connectivity index is 1.91. The standard InChI is InChI=1S/C16H20N4/c1-16(2,3)19-15-17-10-8-14(18-15)20-11-9-12-6-4-5-7-13(12)20/h4-8,10H,9,11H2,1-3H3,(H,17,18,19). The first-order valence-electron chi connectivity index (χ1n) is 7.00. The van der Waals surface area contributed by atoms with E-state index in [2.05, 4.69) is 65.2 Å². The lowest BCUT2D eigenvalue weighted by Gasteiger charge is -2.22. The lowest BCUT2D eigenvalue weighted by molar-refractivity contribution is 0.626. The maximum absolute atomic E-state index is 4.64. The van der Waals surface area contributed by atoms with Crippen molar-refractivity contribution in [1.29, 1.82) is 0 Å². The molecule has 0 spiro atoms. The summed E-state index contributed by atoms with van der Waals surface area (Å²) in [7, 11) is 0. The Hall–Kier alpha value is -2.10. The van der Waals surface area contributed by atoms with E-state index in [1.165, 1.54) is 11.3 Å². The van der Waals surface area contributed by atoms with Gasteiger partial charge in [0.05, 0.1) is 0 Å². The Morgan fingerprint density at radius 2 is 1.95 bits per heavy atom. The number of hydrogen-bond acceptors (Lipinski definition) is 4. The molecule has 1 aliphatic heterocycles. The van der Waals surface area contributed by atoms with Crippen molar-refractivity contribution in [2.45, 2.75) is 32.7 Å². The van der Waals surface area contributed by atoms with Gasteiger partial charge in [0, 0.05) is 24.0 Å². The van der Waals surface area contributed by atoms with E-state index in [1.807, 2.05) is 12.3 Å². The molecule has 0 unspecified atom stereocenters. The Kier molecular flexibility index (Phi) is 3.08. The number of nitrogens with one attached hydrogen (secondary N) is 1. The van der Waals surface area contributed by atoms with E-state index in [0.29, 0.717) is 5.95 Å². The molecule has 0 amide bonds. The molecule has 3 rings (SSSR count). The highest BCUT2D eigenvalue weighted by Crippen LogP contribution is 2.33. The molecule has 0 radical (unpaired) electrons. The van der Waals surface area contributed by atoms with Gasteiger partial charge in [0.2, 0.25) is 5.95 Å². The van der Waals surface area contributed by atoms with Crippen molar-refractivity contribution in [3.8, 4) is 0 Å². The summed E-state index contributed by atoms with van der Waals surface area (Å²) in [4.78, 5) is 11.2. The van der Waals surface area contributed by atoms with Crippen molar-refractivity contribution in [1.82, 2.24) is 9.97 Å². The highest BCUT2D eigenvalue weighted by molar-refractivity contribution is 5.67. The predicted molar refractivity (Wildman–Crippen MR) is 82.6 cm³/mol. The van der Waals surface area contributed by atoms with Crippen molar-refractivity contribution in [2.75, 3.05) is 16.8 Å². The van der Waals surface area contributed by atoms with Crippen LogP contribution in [0.5, 0.6) is 0 Å². The fraction of sp³-hybridized carbons (Fsp3) is 0.375. The van der Waals surface area contributed by atoms with Gasteiger partial charge in [0.15, 0.2) is 0 Å². The van der Waals surface area contributed by atoms with Gasteiger partial charge in [-0.3, -0.25) is 0 Å². The van der Waals surface area contributed by atoms with Gasteiger partial charge in [-0.15, -0.1) is 0 Å². The van der Waals surface area contributed by atoms with E-state index >= 15 is 0 Å². The Morgan fingerprint density at radius 1 is 1.15 bits per heavy atom. The van der Waals surface area contributed by atoms with Crippen LogP contribution in [-0.4, -0.2) is 22.1 Å². The van der Waals surface area contributed by atoms with Crippen LogP contribution in [0.25, 0.3) is 0 Å². The second kappa shape index (κ2) is 4.78. The van der Waals surface area contributed by atoms with E-state index in [-0.39, 0.29) is 5.54 Å². The third-order valence-corrected chi connectivity index (χ3v) is 3.29. The van der Waals surface area contributed by atoms with Gasteiger partial charge in [-0.2, -0.15) is 4.98 Å². The zero-order chi connectivity index (χ0) is 14.2. The van der Waals surface area contributed by atoms with Gasteiger partial charge >= 0.3 is 0 Å². The molecular formula is C16H20N4. The summed E-state index contributed by atoms with van der Waals surface area (Å²) >= 11 is 0. The van der Waals surface area contributed by atoms with Gasteiger partial charge in [0.1, 0.15) is 5.82 Å². The SMILES string of the molecule is CC(C)(C)Nc1nccc(N2CCc3ccccc32)n1. The van der Waals surface area contributed by atoms with Crippen molar-refractivity contribution < 1.29 is 0 Å². The molecule has 1 aliphatic rings. The first-order valence-corrected chi connectivity index (χ1v) is 7.00. The monoisotopic (exact) mass is 268 g/mol. The minimum atomic E-state index is -0.0401. The number of rotatable bonds is 2. The molecule has 0 saturated heterocycles. The molecule has 0 bridgehead atoms. The maximum atomic E-state index is 4.64. The van der Waals surface area contributed by atoms with E-state index in [1.54, 1.807) is 0 Å². The van der Waals surface area contributed by atoms with Gasteiger partial charge in [0.25, 0.3) is 0 Å². The number of para-hydroxylation sites is 1. The van der Waals surface area contributed by atoms with E-state index in [9.17, 15) is 0 Å². The minimum absolute atomic E-state index is 0.0401. The number of nitrogens with zero attached hydrogens (tertiary/aromatic N) is 3. The van der Waals surface area contributed by atoms with Crippen LogP contribution in [0.4, 0.5) is 17.5 Å². The van der Waals surface area contributed by atoms with Gasteiger partial charge in [-0.1, -0.05) is 18.2 Å². The van der Waals surface area contributed by atoms with Gasteiger partial charge in [-0.25, -0.2) is 4.98 Å². The minimum Gasteiger partial charge on any atom is -0.350 e. The summed E-state index contributed by atoms with van der Waals surface area (Å²) in [6, 6.07) is 10.5. The summed E-state index contributed by atoms with van der Waals surface area (Å²) in [5, 5.41) is 3.32. The molecule has 0 fully saturated rings. The molecule has 1 aromatic heterocycles. The number of anilines is 3. The number of aromatic nitrogens is 2. The molecule has 4 nitrogen and oxygen atoms in total. The van der Waals surface area contributed by atoms with Crippen molar-refractivity contribution >= 4 is 17.5 Å². The Bertz CT molecular complexity index is 616. The van der Waals surface area contributed by atoms with E-state index < -0.39 is 0 Å². The molecule has 1 N–H and O–H groups in total. The third kappa shape index (κ3) is 2.59. The van der Waals surface area contributed by atoms with Crippen LogP contribution in [-0.2, 0) is 6.42 Å². The average Bonchev–Trinajstić information content (AvgIpc) is 2.81. The fourth-order valence-electron chi connectivity index (χ4n) is 2.47. The lowest BCUT2D eigenvalue weighted by atomic mass is 10.1. The maximum Gasteiger partial charge on any atom is 0.225 e. The second-order valence-electron chi connectivity index (χ2n) is 6.14.